The minimum Gasteiger partial charge on any atom is -0.496 e. The number of hydrogen-bond donors (Lipinski definition) is 2. The molecule has 4 nitrogen and oxygen atoms in total. The molecule has 2 rings (SSSR count). The summed E-state index contributed by atoms with van der Waals surface area (Å²) >= 11 is 0. The average molecular weight is 699 g/mol. The number of aryl methyl sites for hydroxylation is 5. The monoisotopic (exact) mass is 698 g/mol. The van der Waals surface area contributed by atoms with Gasteiger partial charge in [-0.1, -0.05) is 75.7 Å². The van der Waals surface area contributed by atoms with Crippen LogP contribution >= 0.6 is 0 Å². The molecule has 0 fully saturated rings. The van der Waals surface area contributed by atoms with Gasteiger partial charge in [0.2, 0.25) is 0 Å². The van der Waals surface area contributed by atoms with Gasteiger partial charge in [0.1, 0.15) is 11.5 Å². The van der Waals surface area contributed by atoms with Gasteiger partial charge in [-0.3, -0.25) is 0 Å². The Morgan fingerprint density at radius 3 is 0.974 bits per heavy atom. The number of benzene rings is 2. The van der Waals surface area contributed by atoms with Crippen molar-refractivity contribution in [2.75, 3.05) is 28.4 Å². The van der Waals surface area contributed by atoms with Gasteiger partial charge in [0.15, 0.2) is 0 Å². The molecule has 2 aromatic carbocycles. The van der Waals surface area contributed by atoms with Gasteiger partial charge in [-0.05, 0) is 81.8 Å². The molecular formula is C32H72O4Y2-2. The fourth-order valence-corrected chi connectivity index (χ4v) is 3.06. The molecule has 0 saturated heterocycles. The van der Waals surface area contributed by atoms with E-state index in [0.717, 1.165) is 25.7 Å². The predicted octanol–water partition coefficient (Wildman–Crippen LogP) is 10.1. The van der Waals surface area contributed by atoms with E-state index in [9.17, 15) is 0 Å². The number of rotatable bonds is 2. The standard InChI is InChI=1S/C11H16O.C10H14O.2CH4O.7CH4.2CH3.2Y/c1-7-6-8(2)11(12-5)10(4)9(7)3;1-7-5-8(2)10(11-4)9(3)6-7;2*1-2;;;;;;;;;;;/h6H,1-5H3;5-6H,1-4H3;2*2H,1H3;7*1H4;2*1H3;;/q;;;;;;;;;;;2*-1;;. The minimum absolute atomic E-state index is 0. The van der Waals surface area contributed by atoms with Crippen LogP contribution in [0.25, 0.3) is 0 Å². The Balaban J connectivity index is -0.0000000210. The second kappa shape index (κ2) is 47.0. The molecule has 6 heteroatoms. The fraction of sp³-hybridized carbons (Fsp3) is 0.562. The molecule has 0 heterocycles. The van der Waals surface area contributed by atoms with E-state index in [4.69, 9.17) is 19.7 Å². The molecule has 2 radical (unpaired) electrons. The smallest absolute Gasteiger partial charge is 0.124 e. The molecule has 2 aromatic rings. The molecule has 0 unspecified atom stereocenters. The molecule has 0 amide bonds. The van der Waals surface area contributed by atoms with Crippen molar-refractivity contribution in [1.29, 1.82) is 0 Å². The van der Waals surface area contributed by atoms with Crippen LogP contribution < -0.4 is 9.47 Å². The largest absolute Gasteiger partial charge is 0.496 e. The van der Waals surface area contributed by atoms with E-state index >= 15 is 0 Å². The first-order valence-corrected chi connectivity index (χ1v) is 8.85. The molecule has 0 aliphatic rings. The first-order valence-electron chi connectivity index (χ1n) is 8.85. The second-order valence-corrected chi connectivity index (χ2v) is 6.23. The van der Waals surface area contributed by atoms with Crippen LogP contribution in [0.5, 0.6) is 11.5 Å². The third-order valence-corrected chi connectivity index (χ3v) is 4.30. The van der Waals surface area contributed by atoms with Crippen LogP contribution in [0.15, 0.2) is 18.2 Å². The average Bonchev–Trinajstić information content (AvgIpc) is 2.64. The quantitative estimate of drug-likeness (QED) is 0.307. The first-order chi connectivity index (χ1) is 12.7. The van der Waals surface area contributed by atoms with Crippen molar-refractivity contribution in [2.45, 2.75) is 100 Å². The summed E-state index contributed by atoms with van der Waals surface area (Å²) < 4.78 is 10.5. The van der Waals surface area contributed by atoms with Crippen molar-refractivity contribution in [3.63, 3.8) is 0 Å². The Hall–Kier alpha value is 0.168. The van der Waals surface area contributed by atoms with Crippen LogP contribution in [0, 0.1) is 63.3 Å². The van der Waals surface area contributed by atoms with E-state index in [1.54, 1.807) is 14.2 Å². The van der Waals surface area contributed by atoms with Crippen molar-refractivity contribution in [3.05, 3.63) is 72.0 Å². The van der Waals surface area contributed by atoms with Gasteiger partial charge < -0.3 is 34.5 Å². The number of aliphatic hydroxyl groups excluding tert-OH is 2. The third kappa shape index (κ3) is 27.7. The Labute approximate surface area is 294 Å². The Bertz CT molecular complexity index is 681. The van der Waals surface area contributed by atoms with Crippen LogP contribution in [0.2, 0.25) is 0 Å². The second-order valence-electron chi connectivity index (χ2n) is 6.23. The van der Waals surface area contributed by atoms with Gasteiger partial charge in [-0.2, -0.15) is 0 Å². The molecule has 0 aromatic heterocycles. The third-order valence-electron chi connectivity index (χ3n) is 4.30. The summed E-state index contributed by atoms with van der Waals surface area (Å²) in [6.07, 6.45) is 0. The molecule has 2 N–H and O–H groups in total. The van der Waals surface area contributed by atoms with Gasteiger partial charge in [-0.25, -0.2) is 0 Å². The van der Waals surface area contributed by atoms with Crippen LogP contribution in [0.1, 0.15) is 90.9 Å². The van der Waals surface area contributed by atoms with E-state index in [-0.39, 0.29) is 132 Å². The van der Waals surface area contributed by atoms with Crippen LogP contribution in [-0.2, 0) is 65.4 Å². The van der Waals surface area contributed by atoms with Gasteiger partial charge in [0.05, 0.1) is 14.2 Å². The normalized spacial score (nSPS) is 6.34. The van der Waals surface area contributed by atoms with Crippen molar-refractivity contribution in [3.8, 4) is 11.5 Å². The number of methoxy groups -OCH3 is 2. The number of aliphatic hydroxyl groups is 2. The van der Waals surface area contributed by atoms with E-state index in [0.29, 0.717) is 0 Å². The maximum atomic E-state index is 7.00. The van der Waals surface area contributed by atoms with Gasteiger partial charge in [-0.15, -0.1) is 0 Å². The van der Waals surface area contributed by atoms with Crippen molar-refractivity contribution < 1.29 is 85.1 Å². The van der Waals surface area contributed by atoms with Gasteiger partial charge >= 0.3 is 0 Å². The number of hydrogen-bond acceptors (Lipinski definition) is 4. The summed E-state index contributed by atoms with van der Waals surface area (Å²) in [7, 11) is 5.44. The molecule has 0 saturated carbocycles. The summed E-state index contributed by atoms with van der Waals surface area (Å²) in [5, 5.41) is 14.0. The van der Waals surface area contributed by atoms with E-state index in [1.807, 2.05) is 0 Å². The molecule has 232 valence electrons. The molecule has 38 heavy (non-hydrogen) atoms. The van der Waals surface area contributed by atoms with E-state index in [1.165, 1.54) is 38.9 Å². The molecule has 0 atom stereocenters. The molecule has 0 bridgehead atoms. The maximum Gasteiger partial charge on any atom is 0.124 e. The SMILES string of the molecule is C.C.C.C.C.C.C.CO.CO.COc1c(C)cc(C)c(C)c1C.COc1c(C)cc(C)cc1C.[CH3-].[CH3-].[Y].[Y]. The fourth-order valence-electron chi connectivity index (χ4n) is 3.06. The zero-order valence-corrected chi connectivity index (χ0v) is 27.8. The van der Waals surface area contributed by atoms with E-state index in [2.05, 4.69) is 66.7 Å². The van der Waals surface area contributed by atoms with Crippen molar-refractivity contribution in [1.82, 2.24) is 0 Å². The first kappa shape index (κ1) is 83.2. The molecular weight excluding hydrogens is 626 g/mol. The summed E-state index contributed by atoms with van der Waals surface area (Å²) in [6.45, 7) is 14.7. The van der Waals surface area contributed by atoms with Gasteiger partial charge in [0.25, 0.3) is 0 Å². The molecule has 0 aliphatic carbocycles. The van der Waals surface area contributed by atoms with Gasteiger partial charge in [0, 0.05) is 79.6 Å². The van der Waals surface area contributed by atoms with Crippen molar-refractivity contribution >= 4 is 0 Å². The number of ether oxygens (including phenoxy) is 2. The zero-order chi connectivity index (χ0) is 21.7. The van der Waals surface area contributed by atoms with Crippen LogP contribution in [0.3, 0.4) is 0 Å². The summed E-state index contributed by atoms with van der Waals surface area (Å²) in [5.74, 6) is 2.04. The summed E-state index contributed by atoms with van der Waals surface area (Å²) in [6, 6.07) is 6.43. The maximum absolute atomic E-state index is 7.00. The summed E-state index contributed by atoms with van der Waals surface area (Å²) in [4.78, 5) is 0. The van der Waals surface area contributed by atoms with Crippen molar-refractivity contribution in [2.24, 2.45) is 0 Å². The zero-order valence-electron chi connectivity index (χ0n) is 22.1. The predicted molar refractivity (Wildman–Crippen MR) is 175 cm³/mol. The minimum atomic E-state index is 0. The topological polar surface area (TPSA) is 58.9 Å². The van der Waals surface area contributed by atoms with E-state index < -0.39 is 0 Å². The summed E-state index contributed by atoms with van der Waals surface area (Å²) in [5.41, 5.74) is 8.87. The van der Waals surface area contributed by atoms with Crippen LogP contribution in [-0.4, -0.2) is 38.7 Å². The Morgan fingerprint density at radius 2 is 0.711 bits per heavy atom. The Morgan fingerprint density at radius 1 is 0.447 bits per heavy atom. The molecule has 0 spiro atoms. The Kier molecular flexibility index (Phi) is 103. The molecule has 0 aliphatic heterocycles. The van der Waals surface area contributed by atoms with Crippen LogP contribution in [0.4, 0.5) is 0 Å².